The summed E-state index contributed by atoms with van der Waals surface area (Å²) in [5.41, 5.74) is 1.75. The summed E-state index contributed by atoms with van der Waals surface area (Å²) in [4.78, 5) is 20.9. The number of imidazole rings is 1. The van der Waals surface area contributed by atoms with Crippen LogP contribution in [0.3, 0.4) is 0 Å². The van der Waals surface area contributed by atoms with Crippen LogP contribution >= 0.6 is 15.9 Å². The van der Waals surface area contributed by atoms with E-state index < -0.39 is 0 Å². The molecule has 1 aliphatic heterocycles. The minimum atomic E-state index is -0.0883. The first-order valence-corrected chi connectivity index (χ1v) is 7.79. The van der Waals surface area contributed by atoms with E-state index >= 15 is 0 Å². The van der Waals surface area contributed by atoms with Crippen molar-refractivity contribution >= 4 is 27.5 Å². The zero-order chi connectivity index (χ0) is 14.7. The van der Waals surface area contributed by atoms with Crippen molar-refractivity contribution in [2.45, 2.75) is 6.42 Å². The third-order valence-corrected chi connectivity index (χ3v) is 4.30. The van der Waals surface area contributed by atoms with Crippen molar-refractivity contribution in [3.8, 4) is 0 Å². The van der Waals surface area contributed by atoms with Crippen LogP contribution in [0.15, 0.2) is 41.3 Å². The molecule has 0 aliphatic carbocycles. The molecule has 3 rings (SSSR count). The highest BCUT2D eigenvalue weighted by molar-refractivity contribution is 9.10. The summed E-state index contributed by atoms with van der Waals surface area (Å²) in [7, 11) is 0. The maximum absolute atomic E-state index is 11.9. The van der Waals surface area contributed by atoms with Gasteiger partial charge in [-0.25, -0.2) is 4.98 Å². The highest BCUT2D eigenvalue weighted by atomic mass is 79.9. The summed E-state index contributed by atoms with van der Waals surface area (Å²) in [6, 6.07) is 8.36. The van der Waals surface area contributed by atoms with E-state index in [2.05, 4.69) is 60.4 Å². The van der Waals surface area contributed by atoms with Gasteiger partial charge in [0.25, 0.3) is 5.91 Å². The number of hydrogen-bond acceptors (Lipinski definition) is 3. The number of carbonyl (C=O) groups is 1. The molecule has 21 heavy (non-hydrogen) atoms. The highest BCUT2D eigenvalue weighted by Crippen LogP contribution is 2.24. The Bertz CT molecular complexity index is 597. The van der Waals surface area contributed by atoms with Gasteiger partial charge in [-0.3, -0.25) is 4.79 Å². The third-order valence-electron chi connectivity index (χ3n) is 3.77. The predicted molar refractivity (Wildman–Crippen MR) is 85.4 cm³/mol. The van der Waals surface area contributed by atoms with Gasteiger partial charge >= 0.3 is 0 Å². The van der Waals surface area contributed by atoms with Gasteiger partial charge in [0, 0.05) is 29.8 Å². The van der Waals surface area contributed by atoms with Gasteiger partial charge in [-0.05, 0) is 36.6 Å². The molecule has 0 saturated carbocycles. The molecule has 2 N–H and O–H groups in total. The molecule has 0 unspecified atom stereocenters. The zero-order valence-corrected chi connectivity index (χ0v) is 13.1. The maximum atomic E-state index is 11.9. The van der Waals surface area contributed by atoms with Gasteiger partial charge in [-0.1, -0.05) is 15.9 Å². The van der Waals surface area contributed by atoms with Crippen LogP contribution in [0, 0.1) is 5.92 Å². The fraction of sp³-hybridized carbons (Fsp3) is 0.333. The summed E-state index contributed by atoms with van der Waals surface area (Å²) in [6.07, 6.45) is 4.15. The lowest BCUT2D eigenvalue weighted by Crippen LogP contribution is -2.31. The lowest BCUT2D eigenvalue weighted by Gasteiger charge is -2.19. The number of anilines is 1. The van der Waals surface area contributed by atoms with E-state index in [0.717, 1.165) is 24.0 Å². The van der Waals surface area contributed by atoms with Crippen LogP contribution in [0.2, 0.25) is 0 Å². The summed E-state index contributed by atoms with van der Waals surface area (Å²) in [6.45, 7) is 2.71. The molecule has 1 aliphatic rings. The molecule has 1 fully saturated rings. The second kappa shape index (κ2) is 6.30. The van der Waals surface area contributed by atoms with E-state index in [1.54, 1.807) is 0 Å². The molecule has 1 amide bonds. The Balaban J connectivity index is 1.51. The number of H-pyrrole nitrogens is 1. The number of nitrogens with zero attached hydrogens (tertiary/aromatic N) is 2. The van der Waals surface area contributed by atoms with Crippen LogP contribution in [0.25, 0.3) is 0 Å². The topological polar surface area (TPSA) is 61.0 Å². The van der Waals surface area contributed by atoms with Crippen LogP contribution in [0.5, 0.6) is 0 Å². The number of aromatic amines is 1. The van der Waals surface area contributed by atoms with Gasteiger partial charge in [0.05, 0.1) is 12.5 Å². The Morgan fingerprint density at radius 3 is 2.95 bits per heavy atom. The molecular formula is C15H17BrN4O. The monoisotopic (exact) mass is 348 g/mol. The molecule has 1 saturated heterocycles. The van der Waals surface area contributed by atoms with Crippen molar-refractivity contribution < 1.29 is 4.79 Å². The van der Waals surface area contributed by atoms with E-state index in [0.29, 0.717) is 18.2 Å². The third kappa shape index (κ3) is 3.44. The van der Waals surface area contributed by atoms with Gasteiger partial charge in [0.1, 0.15) is 5.69 Å². The van der Waals surface area contributed by atoms with Crippen LogP contribution in [0.4, 0.5) is 5.69 Å². The van der Waals surface area contributed by atoms with E-state index in [1.807, 2.05) is 0 Å². The van der Waals surface area contributed by atoms with Gasteiger partial charge in [0.15, 0.2) is 0 Å². The Morgan fingerprint density at radius 2 is 2.24 bits per heavy atom. The molecule has 2 heterocycles. The van der Waals surface area contributed by atoms with E-state index in [-0.39, 0.29) is 5.91 Å². The van der Waals surface area contributed by atoms with Crippen LogP contribution in [-0.2, 0) is 0 Å². The summed E-state index contributed by atoms with van der Waals surface area (Å²) in [5.74, 6) is 0.398. The predicted octanol–water partition coefficient (Wildman–Crippen LogP) is 2.43. The first-order chi connectivity index (χ1) is 10.2. The standard InChI is InChI=1S/C15H17BrN4O/c16-12-1-3-13(4-2-12)20-6-5-11(9-20)7-18-15(21)14-8-17-10-19-14/h1-4,8,10-11H,5-7,9H2,(H,17,19)(H,18,21)/t11-/m0/s1. The average Bonchev–Trinajstić information content (AvgIpc) is 3.17. The van der Waals surface area contributed by atoms with Gasteiger partial charge in [-0.2, -0.15) is 0 Å². The van der Waals surface area contributed by atoms with Crippen molar-refractivity contribution in [3.05, 3.63) is 47.0 Å². The molecule has 0 bridgehead atoms. The number of amides is 1. The smallest absolute Gasteiger partial charge is 0.269 e. The molecule has 110 valence electrons. The van der Waals surface area contributed by atoms with Gasteiger partial charge < -0.3 is 15.2 Å². The van der Waals surface area contributed by atoms with E-state index in [4.69, 9.17) is 0 Å². The Hall–Kier alpha value is -1.82. The molecule has 5 nitrogen and oxygen atoms in total. The van der Waals surface area contributed by atoms with E-state index in [9.17, 15) is 4.79 Å². The number of benzene rings is 1. The Morgan fingerprint density at radius 1 is 1.43 bits per heavy atom. The number of carbonyl (C=O) groups excluding carboxylic acids is 1. The molecule has 1 aromatic carbocycles. The first-order valence-electron chi connectivity index (χ1n) is 6.99. The first kappa shape index (κ1) is 14.1. The van der Waals surface area contributed by atoms with Crippen molar-refractivity contribution in [2.24, 2.45) is 5.92 Å². The SMILES string of the molecule is O=C(NC[C@@H]1CCN(c2ccc(Br)cc2)C1)c1cnc[nH]1. The second-order valence-corrected chi connectivity index (χ2v) is 6.17. The van der Waals surface area contributed by atoms with Crippen LogP contribution in [0.1, 0.15) is 16.9 Å². The number of nitrogens with one attached hydrogen (secondary N) is 2. The quantitative estimate of drug-likeness (QED) is 0.891. The molecular weight excluding hydrogens is 332 g/mol. The number of hydrogen-bond donors (Lipinski definition) is 2. The van der Waals surface area contributed by atoms with Crippen molar-refractivity contribution in [2.75, 3.05) is 24.5 Å². The zero-order valence-electron chi connectivity index (χ0n) is 11.6. The maximum Gasteiger partial charge on any atom is 0.269 e. The normalized spacial score (nSPS) is 18.0. The largest absolute Gasteiger partial charge is 0.371 e. The molecule has 6 heteroatoms. The fourth-order valence-electron chi connectivity index (χ4n) is 2.60. The Labute approximate surface area is 131 Å². The van der Waals surface area contributed by atoms with Crippen LogP contribution in [-0.4, -0.2) is 35.5 Å². The van der Waals surface area contributed by atoms with Gasteiger partial charge in [-0.15, -0.1) is 0 Å². The van der Waals surface area contributed by atoms with Crippen molar-refractivity contribution in [3.63, 3.8) is 0 Å². The minimum Gasteiger partial charge on any atom is -0.371 e. The second-order valence-electron chi connectivity index (χ2n) is 5.25. The molecule has 1 aromatic heterocycles. The summed E-state index contributed by atoms with van der Waals surface area (Å²) in [5, 5.41) is 2.96. The fourth-order valence-corrected chi connectivity index (χ4v) is 2.86. The minimum absolute atomic E-state index is 0.0883. The van der Waals surface area contributed by atoms with Gasteiger partial charge in [0.2, 0.25) is 0 Å². The number of rotatable bonds is 4. The lowest BCUT2D eigenvalue weighted by molar-refractivity contribution is 0.0944. The van der Waals surface area contributed by atoms with Crippen molar-refractivity contribution in [1.82, 2.24) is 15.3 Å². The Kier molecular flexibility index (Phi) is 4.24. The molecule has 1 atom stereocenters. The summed E-state index contributed by atoms with van der Waals surface area (Å²) >= 11 is 3.45. The summed E-state index contributed by atoms with van der Waals surface area (Å²) < 4.78 is 1.09. The highest BCUT2D eigenvalue weighted by Gasteiger charge is 2.23. The molecule has 0 spiro atoms. The average molecular weight is 349 g/mol. The lowest BCUT2D eigenvalue weighted by atomic mass is 10.1. The molecule has 2 aromatic rings. The van der Waals surface area contributed by atoms with Crippen molar-refractivity contribution in [1.29, 1.82) is 0 Å². The van der Waals surface area contributed by atoms with E-state index in [1.165, 1.54) is 18.2 Å². The molecule has 0 radical (unpaired) electrons. The van der Waals surface area contributed by atoms with Crippen LogP contribution < -0.4 is 10.2 Å². The number of aromatic nitrogens is 2. The number of halogens is 1.